The molecule has 118 valence electrons. The van der Waals surface area contributed by atoms with Gasteiger partial charge in [-0.1, -0.05) is 13.8 Å². The number of nitrogens with zero attached hydrogens (tertiary/aromatic N) is 1. The normalized spacial score (nSPS) is 12.2. The highest BCUT2D eigenvalue weighted by atomic mass is 16.5. The van der Waals surface area contributed by atoms with E-state index in [0.29, 0.717) is 43.0 Å². The summed E-state index contributed by atoms with van der Waals surface area (Å²) in [7, 11) is 0. The highest BCUT2D eigenvalue weighted by molar-refractivity contribution is 5.90. The van der Waals surface area contributed by atoms with Crippen molar-refractivity contribution < 1.29 is 9.53 Å². The van der Waals surface area contributed by atoms with Crippen LogP contribution in [-0.4, -0.2) is 24.0 Å². The Morgan fingerprint density at radius 3 is 2.67 bits per heavy atom. The Morgan fingerprint density at radius 1 is 1.38 bits per heavy atom. The summed E-state index contributed by atoms with van der Waals surface area (Å²) in [4.78, 5) is 16.1. The number of aromatic nitrogens is 1. The summed E-state index contributed by atoms with van der Waals surface area (Å²) in [6, 6.07) is 3.56. The molecule has 1 aromatic rings. The summed E-state index contributed by atoms with van der Waals surface area (Å²) in [6.45, 7) is 7.51. The van der Waals surface area contributed by atoms with Gasteiger partial charge in [-0.2, -0.15) is 0 Å². The number of ether oxygens (including phenoxy) is 1. The number of carbonyl (C=O) groups excluding carboxylic acids is 1. The fourth-order valence-corrected chi connectivity index (χ4v) is 2.25. The Hall–Kier alpha value is -1.62. The van der Waals surface area contributed by atoms with Gasteiger partial charge in [0.25, 0.3) is 0 Å². The Morgan fingerprint density at radius 2 is 2.14 bits per heavy atom. The van der Waals surface area contributed by atoms with Crippen LogP contribution in [0, 0.1) is 11.8 Å². The molecule has 0 aliphatic heterocycles. The molecule has 0 saturated carbocycles. The largest absolute Gasteiger partial charge is 0.478 e. The maximum absolute atomic E-state index is 12.0. The van der Waals surface area contributed by atoms with Crippen molar-refractivity contribution in [3.8, 4) is 5.88 Å². The second-order valence-electron chi connectivity index (χ2n) is 5.49. The predicted molar refractivity (Wildman–Crippen MR) is 85.3 cm³/mol. The first-order chi connectivity index (χ1) is 10.1. The van der Waals surface area contributed by atoms with E-state index in [9.17, 15) is 4.79 Å². The monoisotopic (exact) mass is 293 g/mol. The van der Waals surface area contributed by atoms with Crippen LogP contribution in [0.4, 0.5) is 5.69 Å². The molecule has 0 radical (unpaired) electrons. The standard InChI is InChI=1S/C16H27N3O2/c1-4-21-16-8-6-14(11-18-16)19-15(20)7-5-13(9-10-17)12(2)3/h6,8,11-13H,4-5,7,9-10,17H2,1-3H3,(H,19,20). The number of rotatable bonds is 9. The zero-order valence-electron chi connectivity index (χ0n) is 13.3. The van der Waals surface area contributed by atoms with E-state index in [1.807, 2.05) is 6.92 Å². The van der Waals surface area contributed by atoms with Gasteiger partial charge in [-0.3, -0.25) is 4.79 Å². The van der Waals surface area contributed by atoms with Crippen molar-refractivity contribution in [1.82, 2.24) is 4.98 Å². The molecule has 1 aromatic heterocycles. The molecule has 3 N–H and O–H groups in total. The van der Waals surface area contributed by atoms with Gasteiger partial charge in [-0.15, -0.1) is 0 Å². The minimum Gasteiger partial charge on any atom is -0.478 e. The molecule has 0 aliphatic carbocycles. The number of nitrogens with one attached hydrogen (secondary N) is 1. The van der Waals surface area contributed by atoms with Crippen molar-refractivity contribution >= 4 is 11.6 Å². The summed E-state index contributed by atoms with van der Waals surface area (Å²) in [6.07, 6.45) is 3.96. The predicted octanol–water partition coefficient (Wildman–Crippen LogP) is 2.82. The number of amides is 1. The van der Waals surface area contributed by atoms with E-state index in [1.165, 1.54) is 0 Å². The summed E-state index contributed by atoms with van der Waals surface area (Å²) in [5.41, 5.74) is 6.31. The topological polar surface area (TPSA) is 77.2 Å². The zero-order valence-corrected chi connectivity index (χ0v) is 13.3. The number of nitrogens with two attached hydrogens (primary N) is 1. The molecule has 5 heteroatoms. The van der Waals surface area contributed by atoms with Gasteiger partial charge < -0.3 is 15.8 Å². The van der Waals surface area contributed by atoms with Crippen molar-refractivity contribution in [2.24, 2.45) is 17.6 Å². The van der Waals surface area contributed by atoms with Crippen molar-refractivity contribution in [1.29, 1.82) is 0 Å². The number of hydrogen-bond donors (Lipinski definition) is 2. The summed E-state index contributed by atoms with van der Waals surface area (Å²) in [5.74, 6) is 1.63. The SMILES string of the molecule is CCOc1ccc(NC(=O)CCC(CCN)C(C)C)cn1. The van der Waals surface area contributed by atoms with Gasteiger partial charge in [0.15, 0.2) is 0 Å². The van der Waals surface area contributed by atoms with Gasteiger partial charge in [0.2, 0.25) is 11.8 Å². The Balaban J connectivity index is 2.42. The molecule has 0 fully saturated rings. The minimum atomic E-state index is 0.0173. The van der Waals surface area contributed by atoms with E-state index < -0.39 is 0 Å². The fourth-order valence-electron chi connectivity index (χ4n) is 2.25. The average Bonchev–Trinajstić information content (AvgIpc) is 2.45. The van der Waals surface area contributed by atoms with Crippen LogP contribution >= 0.6 is 0 Å². The van der Waals surface area contributed by atoms with E-state index in [4.69, 9.17) is 10.5 Å². The minimum absolute atomic E-state index is 0.0173. The lowest BCUT2D eigenvalue weighted by Gasteiger charge is -2.19. The fraction of sp³-hybridized carbons (Fsp3) is 0.625. The first kappa shape index (κ1) is 17.4. The zero-order chi connectivity index (χ0) is 15.7. The molecule has 0 aromatic carbocycles. The molecule has 1 heterocycles. The molecule has 0 saturated heterocycles. The lowest BCUT2D eigenvalue weighted by Crippen LogP contribution is -2.18. The molecule has 0 spiro atoms. The maximum atomic E-state index is 12.0. The number of anilines is 1. The molecule has 1 atom stereocenters. The molecule has 1 amide bonds. The van der Waals surface area contributed by atoms with Crippen LogP contribution in [0.2, 0.25) is 0 Å². The molecule has 0 aliphatic rings. The quantitative estimate of drug-likeness (QED) is 0.734. The molecule has 21 heavy (non-hydrogen) atoms. The summed E-state index contributed by atoms with van der Waals surface area (Å²) in [5, 5.41) is 2.86. The van der Waals surface area contributed by atoms with Crippen molar-refractivity contribution in [3.63, 3.8) is 0 Å². The average molecular weight is 293 g/mol. The highest BCUT2D eigenvalue weighted by Gasteiger charge is 2.14. The Kier molecular flexibility index (Phi) is 7.75. The van der Waals surface area contributed by atoms with Gasteiger partial charge in [-0.25, -0.2) is 4.98 Å². The van der Waals surface area contributed by atoms with Crippen molar-refractivity contribution in [2.75, 3.05) is 18.5 Å². The Labute approximate surface area is 127 Å². The van der Waals surface area contributed by atoms with E-state index in [-0.39, 0.29) is 5.91 Å². The van der Waals surface area contributed by atoms with Gasteiger partial charge in [-0.05, 0) is 44.2 Å². The first-order valence-electron chi connectivity index (χ1n) is 7.65. The summed E-state index contributed by atoms with van der Waals surface area (Å²) >= 11 is 0. The van der Waals surface area contributed by atoms with Crippen LogP contribution in [0.5, 0.6) is 5.88 Å². The van der Waals surface area contributed by atoms with Crippen molar-refractivity contribution in [3.05, 3.63) is 18.3 Å². The van der Waals surface area contributed by atoms with E-state index in [1.54, 1.807) is 18.3 Å². The number of carbonyl (C=O) groups is 1. The molecule has 1 rings (SSSR count). The van der Waals surface area contributed by atoms with Crippen LogP contribution in [-0.2, 0) is 4.79 Å². The summed E-state index contributed by atoms with van der Waals surface area (Å²) < 4.78 is 5.26. The van der Waals surface area contributed by atoms with Gasteiger partial charge in [0.05, 0.1) is 18.5 Å². The number of hydrogen-bond acceptors (Lipinski definition) is 4. The third kappa shape index (κ3) is 6.58. The van der Waals surface area contributed by atoms with Crippen LogP contribution in [0.1, 0.15) is 40.0 Å². The van der Waals surface area contributed by atoms with E-state index in [2.05, 4.69) is 24.1 Å². The smallest absolute Gasteiger partial charge is 0.224 e. The third-order valence-electron chi connectivity index (χ3n) is 3.53. The van der Waals surface area contributed by atoms with Gasteiger partial charge in [0.1, 0.15) is 0 Å². The molecule has 0 bridgehead atoms. The highest BCUT2D eigenvalue weighted by Crippen LogP contribution is 2.21. The molecule has 1 unspecified atom stereocenters. The van der Waals surface area contributed by atoms with E-state index in [0.717, 1.165) is 12.8 Å². The van der Waals surface area contributed by atoms with Crippen LogP contribution in [0.3, 0.4) is 0 Å². The first-order valence-corrected chi connectivity index (χ1v) is 7.65. The second kappa shape index (κ2) is 9.34. The third-order valence-corrected chi connectivity index (χ3v) is 3.53. The van der Waals surface area contributed by atoms with Crippen molar-refractivity contribution in [2.45, 2.75) is 40.0 Å². The van der Waals surface area contributed by atoms with Crippen LogP contribution < -0.4 is 15.8 Å². The van der Waals surface area contributed by atoms with E-state index >= 15 is 0 Å². The maximum Gasteiger partial charge on any atom is 0.224 e. The van der Waals surface area contributed by atoms with Gasteiger partial charge in [0, 0.05) is 12.5 Å². The molecular weight excluding hydrogens is 266 g/mol. The Bertz CT molecular complexity index is 418. The lowest BCUT2D eigenvalue weighted by molar-refractivity contribution is -0.116. The second-order valence-corrected chi connectivity index (χ2v) is 5.49. The molecular formula is C16H27N3O2. The lowest BCUT2D eigenvalue weighted by atomic mass is 9.88. The number of pyridine rings is 1. The van der Waals surface area contributed by atoms with Crippen LogP contribution in [0.25, 0.3) is 0 Å². The van der Waals surface area contributed by atoms with Gasteiger partial charge >= 0.3 is 0 Å². The van der Waals surface area contributed by atoms with Crippen LogP contribution in [0.15, 0.2) is 18.3 Å². The molecule has 5 nitrogen and oxygen atoms in total.